The molecule has 0 amide bonds. The molecule has 3 N–H and O–H groups in total. The summed E-state index contributed by atoms with van der Waals surface area (Å²) in [5, 5.41) is 9.28. The fourth-order valence-electron chi connectivity index (χ4n) is 1.12. The summed E-state index contributed by atoms with van der Waals surface area (Å²) >= 11 is 0. The van der Waals surface area contributed by atoms with Crippen LogP contribution in [0.5, 0.6) is 0 Å². The minimum Gasteiger partial charge on any atom is -0.390 e. The molecule has 0 aromatic carbocycles. The van der Waals surface area contributed by atoms with Crippen LogP contribution in [0.3, 0.4) is 0 Å². The molecular formula is C8H15N3O. The molecule has 1 heterocycles. The monoisotopic (exact) mass is 169 g/mol. The third-order valence-electron chi connectivity index (χ3n) is 1.80. The Morgan fingerprint density at radius 1 is 1.75 bits per heavy atom. The van der Waals surface area contributed by atoms with E-state index in [9.17, 15) is 5.11 Å². The quantitative estimate of drug-likeness (QED) is 0.654. The molecule has 0 radical (unpaired) electrons. The first-order valence-corrected chi connectivity index (χ1v) is 4.16. The fourth-order valence-corrected chi connectivity index (χ4v) is 1.12. The number of aryl methyl sites for hydroxylation is 1. The molecule has 1 aromatic heterocycles. The number of rotatable bonds is 4. The van der Waals surface area contributed by atoms with Gasteiger partial charge in [-0.15, -0.1) is 0 Å². The second-order valence-corrected chi connectivity index (χ2v) is 2.74. The van der Waals surface area contributed by atoms with Crippen LogP contribution in [0.1, 0.15) is 12.7 Å². The normalized spacial score (nSPS) is 13.2. The highest BCUT2D eigenvalue weighted by atomic mass is 16.3. The smallest absolute Gasteiger partial charge is 0.108 e. The Labute approximate surface area is 72.0 Å². The summed E-state index contributed by atoms with van der Waals surface area (Å²) < 4.78 is 1.93. The van der Waals surface area contributed by atoms with Crippen LogP contribution in [-0.4, -0.2) is 27.3 Å². The van der Waals surface area contributed by atoms with Gasteiger partial charge in [0.2, 0.25) is 0 Å². The van der Waals surface area contributed by atoms with E-state index in [0.717, 1.165) is 12.2 Å². The molecule has 4 nitrogen and oxygen atoms in total. The summed E-state index contributed by atoms with van der Waals surface area (Å²) in [6.07, 6.45) is 4.01. The van der Waals surface area contributed by atoms with Crippen LogP contribution < -0.4 is 5.73 Å². The standard InChI is InChI=1S/C8H15N3O/c1-2-8-10-3-4-11(8)6-7(12)5-9/h3-4,7,12H,2,5-6,9H2,1H3. The Hall–Kier alpha value is -0.870. The van der Waals surface area contributed by atoms with Gasteiger partial charge < -0.3 is 15.4 Å². The van der Waals surface area contributed by atoms with Gasteiger partial charge in [0.05, 0.1) is 12.6 Å². The van der Waals surface area contributed by atoms with Crippen molar-refractivity contribution in [3.8, 4) is 0 Å². The van der Waals surface area contributed by atoms with Crippen LogP contribution in [0.15, 0.2) is 12.4 Å². The van der Waals surface area contributed by atoms with E-state index in [0.29, 0.717) is 13.1 Å². The Bertz CT molecular complexity index is 234. The lowest BCUT2D eigenvalue weighted by Crippen LogP contribution is -2.25. The van der Waals surface area contributed by atoms with Crippen molar-refractivity contribution in [3.05, 3.63) is 18.2 Å². The zero-order valence-electron chi connectivity index (χ0n) is 7.27. The number of imidazole rings is 1. The van der Waals surface area contributed by atoms with Gasteiger partial charge in [0.1, 0.15) is 5.82 Å². The van der Waals surface area contributed by atoms with Crippen LogP contribution in [0, 0.1) is 0 Å². The van der Waals surface area contributed by atoms with Gasteiger partial charge in [-0.1, -0.05) is 6.92 Å². The Morgan fingerprint density at radius 3 is 3.08 bits per heavy atom. The maximum atomic E-state index is 9.28. The predicted molar refractivity (Wildman–Crippen MR) is 46.7 cm³/mol. The van der Waals surface area contributed by atoms with Gasteiger partial charge in [0.25, 0.3) is 0 Å². The zero-order valence-corrected chi connectivity index (χ0v) is 7.27. The molecule has 12 heavy (non-hydrogen) atoms. The van der Waals surface area contributed by atoms with E-state index < -0.39 is 6.10 Å². The van der Waals surface area contributed by atoms with E-state index in [1.165, 1.54) is 0 Å². The first-order valence-electron chi connectivity index (χ1n) is 4.16. The third kappa shape index (κ3) is 2.06. The molecule has 0 fully saturated rings. The topological polar surface area (TPSA) is 64.1 Å². The summed E-state index contributed by atoms with van der Waals surface area (Å²) in [5.41, 5.74) is 5.30. The van der Waals surface area contributed by atoms with Gasteiger partial charge in [-0.3, -0.25) is 0 Å². The Morgan fingerprint density at radius 2 is 2.50 bits per heavy atom. The molecule has 68 valence electrons. The number of aliphatic hydroxyl groups excluding tert-OH is 1. The second-order valence-electron chi connectivity index (χ2n) is 2.74. The highest BCUT2D eigenvalue weighted by Gasteiger charge is 2.05. The van der Waals surface area contributed by atoms with Crippen molar-refractivity contribution in [2.45, 2.75) is 26.0 Å². The van der Waals surface area contributed by atoms with Crippen molar-refractivity contribution in [1.29, 1.82) is 0 Å². The largest absolute Gasteiger partial charge is 0.390 e. The van der Waals surface area contributed by atoms with Crippen molar-refractivity contribution in [3.63, 3.8) is 0 Å². The molecule has 1 unspecified atom stereocenters. The average molecular weight is 169 g/mol. The lowest BCUT2D eigenvalue weighted by molar-refractivity contribution is 0.161. The number of hydrogen-bond donors (Lipinski definition) is 2. The van der Waals surface area contributed by atoms with E-state index in [4.69, 9.17) is 5.73 Å². The fraction of sp³-hybridized carbons (Fsp3) is 0.625. The molecule has 0 aliphatic rings. The summed E-state index contributed by atoms with van der Waals surface area (Å²) in [6.45, 7) is 2.87. The first-order chi connectivity index (χ1) is 5.77. The van der Waals surface area contributed by atoms with Crippen LogP contribution in [0.2, 0.25) is 0 Å². The SMILES string of the molecule is CCc1nccn1CC(O)CN. The van der Waals surface area contributed by atoms with Crippen molar-refractivity contribution in [2.75, 3.05) is 6.54 Å². The van der Waals surface area contributed by atoms with Crippen molar-refractivity contribution < 1.29 is 5.11 Å². The van der Waals surface area contributed by atoms with Gasteiger partial charge in [-0.25, -0.2) is 4.98 Å². The number of hydrogen-bond acceptors (Lipinski definition) is 3. The average Bonchev–Trinajstić information content (AvgIpc) is 2.51. The van der Waals surface area contributed by atoms with E-state index in [-0.39, 0.29) is 0 Å². The van der Waals surface area contributed by atoms with E-state index >= 15 is 0 Å². The third-order valence-corrected chi connectivity index (χ3v) is 1.80. The van der Waals surface area contributed by atoms with Crippen LogP contribution >= 0.6 is 0 Å². The van der Waals surface area contributed by atoms with Crippen LogP contribution in [-0.2, 0) is 13.0 Å². The van der Waals surface area contributed by atoms with E-state index in [2.05, 4.69) is 4.98 Å². The van der Waals surface area contributed by atoms with Crippen LogP contribution in [0.25, 0.3) is 0 Å². The number of aliphatic hydroxyl groups is 1. The number of nitrogens with zero attached hydrogens (tertiary/aromatic N) is 2. The van der Waals surface area contributed by atoms with Gasteiger partial charge in [-0.2, -0.15) is 0 Å². The molecule has 0 saturated carbocycles. The summed E-state index contributed by atoms with van der Waals surface area (Å²) in [5.74, 6) is 0.988. The van der Waals surface area contributed by atoms with Crippen molar-refractivity contribution in [2.24, 2.45) is 5.73 Å². The molecule has 0 saturated heterocycles. The molecule has 1 rings (SSSR count). The summed E-state index contributed by atoms with van der Waals surface area (Å²) in [6, 6.07) is 0. The van der Waals surface area contributed by atoms with Crippen molar-refractivity contribution in [1.82, 2.24) is 9.55 Å². The van der Waals surface area contributed by atoms with E-state index in [1.54, 1.807) is 6.20 Å². The molecular weight excluding hydrogens is 154 g/mol. The first kappa shape index (κ1) is 9.22. The minimum absolute atomic E-state index is 0.293. The van der Waals surface area contributed by atoms with Gasteiger partial charge in [0.15, 0.2) is 0 Å². The highest BCUT2D eigenvalue weighted by molar-refractivity contribution is 4.92. The molecule has 1 atom stereocenters. The zero-order chi connectivity index (χ0) is 8.97. The number of nitrogens with two attached hydrogens (primary N) is 1. The van der Waals surface area contributed by atoms with E-state index in [1.807, 2.05) is 17.7 Å². The lowest BCUT2D eigenvalue weighted by atomic mass is 10.3. The maximum absolute atomic E-state index is 9.28. The minimum atomic E-state index is -0.468. The molecule has 0 spiro atoms. The lowest BCUT2D eigenvalue weighted by Gasteiger charge is -2.10. The second kappa shape index (κ2) is 4.23. The maximum Gasteiger partial charge on any atom is 0.108 e. The predicted octanol–water partition coefficient (Wildman–Crippen LogP) is -0.235. The molecule has 1 aromatic rings. The molecule has 0 aliphatic carbocycles. The van der Waals surface area contributed by atoms with Crippen molar-refractivity contribution >= 4 is 0 Å². The molecule has 0 bridgehead atoms. The van der Waals surface area contributed by atoms with Gasteiger partial charge >= 0.3 is 0 Å². The van der Waals surface area contributed by atoms with Crippen LogP contribution in [0.4, 0.5) is 0 Å². The Balaban J connectivity index is 2.61. The van der Waals surface area contributed by atoms with Gasteiger partial charge in [-0.05, 0) is 0 Å². The number of aromatic nitrogens is 2. The molecule has 0 aliphatic heterocycles. The summed E-state index contributed by atoms with van der Waals surface area (Å²) in [4.78, 5) is 4.13. The highest BCUT2D eigenvalue weighted by Crippen LogP contribution is 1.99. The Kier molecular flexibility index (Phi) is 3.25. The molecule has 4 heteroatoms. The van der Waals surface area contributed by atoms with Gasteiger partial charge in [0, 0.05) is 25.4 Å². The summed E-state index contributed by atoms with van der Waals surface area (Å²) in [7, 11) is 0.